The van der Waals surface area contributed by atoms with Crippen LogP contribution in [0.25, 0.3) is 0 Å². The molecule has 0 fully saturated rings. The van der Waals surface area contributed by atoms with Crippen molar-refractivity contribution >= 4 is 11.6 Å². The number of hydrogen-bond acceptors (Lipinski definition) is 4. The molecule has 0 unspecified atom stereocenters. The Morgan fingerprint density at radius 1 is 1.35 bits per heavy atom. The van der Waals surface area contributed by atoms with E-state index >= 15 is 0 Å². The predicted octanol–water partition coefficient (Wildman–Crippen LogP) is 2.08. The van der Waals surface area contributed by atoms with Crippen molar-refractivity contribution in [1.29, 1.82) is 0 Å². The Morgan fingerprint density at radius 3 is 2.94 bits per heavy atom. The van der Waals surface area contributed by atoms with Gasteiger partial charge in [-0.3, -0.25) is 0 Å². The molecular formula is C12H14ClN3O. The summed E-state index contributed by atoms with van der Waals surface area (Å²) >= 11 is 6.07. The molecule has 0 atom stereocenters. The van der Waals surface area contributed by atoms with Gasteiger partial charge in [0.2, 0.25) is 5.89 Å². The molecule has 0 aliphatic rings. The molecule has 0 saturated heterocycles. The van der Waals surface area contributed by atoms with Crippen LogP contribution in [0.5, 0.6) is 0 Å². The van der Waals surface area contributed by atoms with E-state index in [1.807, 2.05) is 31.3 Å². The van der Waals surface area contributed by atoms with Crippen molar-refractivity contribution in [1.82, 2.24) is 15.5 Å². The average Bonchev–Trinajstić information content (AvgIpc) is 2.77. The lowest BCUT2D eigenvalue weighted by Gasteiger charge is -1.98. The van der Waals surface area contributed by atoms with Gasteiger partial charge in [-0.05, 0) is 18.7 Å². The number of nitrogens with zero attached hydrogens (tertiary/aromatic N) is 2. The molecule has 0 aliphatic heterocycles. The third-order valence-corrected chi connectivity index (χ3v) is 2.77. The lowest BCUT2D eigenvalue weighted by molar-refractivity contribution is 0.372. The fourth-order valence-corrected chi connectivity index (χ4v) is 1.71. The van der Waals surface area contributed by atoms with Crippen LogP contribution < -0.4 is 5.32 Å². The van der Waals surface area contributed by atoms with Crippen molar-refractivity contribution in [2.75, 3.05) is 13.6 Å². The van der Waals surface area contributed by atoms with Gasteiger partial charge in [-0.2, -0.15) is 4.98 Å². The minimum atomic E-state index is 0.600. The number of hydrogen-bond donors (Lipinski definition) is 1. The highest BCUT2D eigenvalue weighted by Gasteiger charge is 2.08. The molecule has 0 radical (unpaired) electrons. The van der Waals surface area contributed by atoms with Crippen molar-refractivity contribution in [2.45, 2.75) is 12.8 Å². The number of aromatic nitrogens is 2. The normalized spacial score (nSPS) is 10.7. The standard InChI is InChI=1S/C12H14ClN3O/c1-14-7-6-12-15-11(16-17-12)8-9-4-2-3-5-10(9)13/h2-5,14H,6-8H2,1H3. The van der Waals surface area contributed by atoms with Crippen LogP contribution in [0.3, 0.4) is 0 Å². The molecule has 2 aromatic rings. The lowest BCUT2D eigenvalue weighted by atomic mass is 10.1. The summed E-state index contributed by atoms with van der Waals surface area (Å²) < 4.78 is 5.13. The summed E-state index contributed by atoms with van der Waals surface area (Å²) in [7, 11) is 1.89. The summed E-state index contributed by atoms with van der Waals surface area (Å²) in [4.78, 5) is 4.31. The summed E-state index contributed by atoms with van der Waals surface area (Å²) in [5.74, 6) is 1.32. The van der Waals surface area contributed by atoms with Crippen LogP contribution in [-0.4, -0.2) is 23.7 Å². The van der Waals surface area contributed by atoms with Gasteiger partial charge in [0.05, 0.1) is 0 Å². The Morgan fingerprint density at radius 2 is 2.18 bits per heavy atom. The maximum Gasteiger partial charge on any atom is 0.227 e. The molecule has 1 aromatic heterocycles. The number of likely N-dealkylation sites (N-methyl/N-ethyl adjacent to an activating group) is 1. The molecule has 0 spiro atoms. The smallest absolute Gasteiger partial charge is 0.227 e. The Bertz CT molecular complexity index is 484. The van der Waals surface area contributed by atoms with E-state index in [-0.39, 0.29) is 0 Å². The van der Waals surface area contributed by atoms with Gasteiger partial charge in [0, 0.05) is 24.4 Å². The van der Waals surface area contributed by atoms with Crippen LogP contribution in [0.2, 0.25) is 5.02 Å². The Kier molecular flexibility index (Phi) is 4.12. The van der Waals surface area contributed by atoms with Crippen LogP contribution in [0.1, 0.15) is 17.3 Å². The minimum Gasteiger partial charge on any atom is -0.339 e. The SMILES string of the molecule is CNCCc1nc(Cc2ccccc2Cl)no1. The van der Waals surface area contributed by atoms with E-state index < -0.39 is 0 Å². The van der Waals surface area contributed by atoms with Gasteiger partial charge in [0.15, 0.2) is 5.82 Å². The first-order valence-corrected chi connectivity index (χ1v) is 5.87. The van der Waals surface area contributed by atoms with E-state index in [0.717, 1.165) is 23.6 Å². The number of nitrogens with one attached hydrogen (secondary N) is 1. The topological polar surface area (TPSA) is 51.0 Å². The van der Waals surface area contributed by atoms with Gasteiger partial charge in [-0.15, -0.1) is 0 Å². The maximum absolute atomic E-state index is 6.07. The molecule has 1 heterocycles. The molecule has 1 N–H and O–H groups in total. The average molecular weight is 252 g/mol. The third kappa shape index (κ3) is 3.28. The summed E-state index contributed by atoms with van der Waals surface area (Å²) in [6.45, 7) is 0.827. The van der Waals surface area contributed by atoms with E-state index in [1.54, 1.807) is 0 Å². The fourth-order valence-electron chi connectivity index (χ4n) is 1.51. The quantitative estimate of drug-likeness (QED) is 0.884. The maximum atomic E-state index is 6.07. The highest BCUT2D eigenvalue weighted by atomic mass is 35.5. The zero-order valence-corrected chi connectivity index (χ0v) is 10.4. The molecule has 1 aromatic carbocycles. The highest BCUT2D eigenvalue weighted by molar-refractivity contribution is 6.31. The van der Waals surface area contributed by atoms with Crippen LogP contribution >= 0.6 is 11.6 Å². The molecule has 17 heavy (non-hydrogen) atoms. The van der Waals surface area contributed by atoms with E-state index in [2.05, 4.69) is 15.5 Å². The molecule has 0 amide bonds. The van der Waals surface area contributed by atoms with Crippen LogP contribution in [0.4, 0.5) is 0 Å². The van der Waals surface area contributed by atoms with Crippen LogP contribution in [0, 0.1) is 0 Å². The molecule has 0 saturated carbocycles. The molecule has 0 aliphatic carbocycles. The van der Waals surface area contributed by atoms with Gasteiger partial charge in [-0.25, -0.2) is 0 Å². The van der Waals surface area contributed by atoms with Crippen LogP contribution in [-0.2, 0) is 12.8 Å². The zero-order chi connectivity index (χ0) is 12.1. The van der Waals surface area contributed by atoms with Gasteiger partial charge in [0.25, 0.3) is 0 Å². The largest absolute Gasteiger partial charge is 0.339 e. The number of rotatable bonds is 5. The Hall–Kier alpha value is -1.39. The first-order chi connectivity index (χ1) is 8.29. The first kappa shape index (κ1) is 12.1. The monoisotopic (exact) mass is 251 g/mol. The van der Waals surface area contributed by atoms with E-state index in [4.69, 9.17) is 16.1 Å². The first-order valence-electron chi connectivity index (χ1n) is 5.49. The fraction of sp³-hybridized carbons (Fsp3) is 0.333. The van der Waals surface area contributed by atoms with E-state index in [0.29, 0.717) is 18.1 Å². The van der Waals surface area contributed by atoms with E-state index in [1.165, 1.54) is 0 Å². The second-order valence-electron chi connectivity index (χ2n) is 3.73. The second kappa shape index (κ2) is 5.80. The zero-order valence-electron chi connectivity index (χ0n) is 9.61. The van der Waals surface area contributed by atoms with Gasteiger partial charge in [0.1, 0.15) is 0 Å². The highest BCUT2D eigenvalue weighted by Crippen LogP contribution is 2.17. The van der Waals surface area contributed by atoms with Crippen molar-refractivity contribution in [3.05, 3.63) is 46.6 Å². The molecule has 0 bridgehead atoms. The third-order valence-electron chi connectivity index (χ3n) is 2.41. The molecular weight excluding hydrogens is 238 g/mol. The minimum absolute atomic E-state index is 0.600. The molecule has 90 valence electrons. The van der Waals surface area contributed by atoms with Crippen molar-refractivity contribution < 1.29 is 4.52 Å². The summed E-state index contributed by atoms with van der Waals surface area (Å²) in [6, 6.07) is 7.68. The summed E-state index contributed by atoms with van der Waals surface area (Å²) in [6.07, 6.45) is 1.34. The van der Waals surface area contributed by atoms with Gasteiger partial charge in [-0.1, -0.05) is 35.0 Å². The molecule has 5 heteroatoms. The summed E-state index contributed by atoms with van der Waals surface area (Å²) in [5.41, 5.74) is 1.01. The lowest BCUT2D eigenvalue weighted by Crippen LogP contribution is -2.10. The van der Waals surface area contributed by atoms with Gasteiger partial charge < -0.3 is 9.84 Å². The van der Waals surface area contributed by atoms with Crippen molar-refractivity contribution in [2.24, 2.45) is 0 Å². The molecule has 4 nitrogen and oxygen atoms in total. The van der Waals surface area contributed by atoms with Crippen molar-refractivity contribution in [3.8, 4) is 0 Å². The van der Waals surface area contributed by atoms with Crippen molar-refractivity contribution in [3.63, 3.8) is 0 Å². The Labute approximate surface area is 105 Å². The van der Waals surface area contributed by atoms with Crippen LogP contribution in [0.15, 0.2) is 28.8 Å². The number of halogens is 1. The number of benzene rings is 1. The summed E-state index contributed by atoms with van der Waals surface area (Å²) in [5, 5.41) is 7.70. The van der Waals surface area contributed by atoms with Gasteiger partial charge >= 0.3 is 0 Å². The Balaban J connectivity index is 2.04. The van der Waals surface area contributed by atoms with E-state index in [9.17, 15) is 0 Å². The second-order valence-corrected chi connectivity index (χ2v) is 4.13. The predicted molar refractivity (Wildman–Crippen MR) is 66.2 cm³/mol. The molecule has 2 rings (SSSR count).